The van der Waals surface area contributed by atoms with Crippen molar-refractivity contribution in [2.75, 3.05) is 0 Å². The van der Waals surface area contributed by atoms with Crippen LogP contribution in [0.3, 0.4) is 0 Å². The first-order valence-electron chi connectivity index (χ1n) is 5.45. The van der Waals surface area contributed by atoms with Crippen LogP contribution in [0.5, 0.6) is 0 Å². The molecular weight excluding hydrogens is 235 g/mol. The molecule has 6 heteroatoms. The third kappa shape index (κ3) is 2.53. The predicted octanol–water partition coefficient (Wildman–Crippen LogP) is 1.19. The summed E-state index contributed by atoms with van der Waals surface area (Å²) in [6.07, 6.45) is 2.96. The van der Waals surface area contributed by atoms with Crippen LogP contribution < -0.4 is 5.32 Å². The first-order valence-corrected chi connectivity index (χ1v) is 5.45. The Kier molecular flexibility index (Phi) is 3.36. The Morgan fingerprint density at radius 1 is 1.56 bits per heavy atom. The van der Waals surface area contributed by atoms with Crippen molar-refractivity contribution in [3.05, 3.63) is 47.3 Å². The lowest BCUT2D eigenvalue weighted by Gasteiger charge is -2.04. The molecule has 2 rings (SSSR count). The number of hydrogen-bond acceptors (Lipinski definition) is 3. The Morgan fingerprint density at radius 3 is 2.94 bits per heavy atom. The summed E-state index contributed by atoms with van der Waals surface area (Å²) in [5.41, 5.74) is 2.17. The number of carbonyl (C=O) groups excluding carboxylic acids is 1. The van der Waals surface area contributed by atoms with Gasteiger partial charge in [0.1, 0.15) is 0 Å². The molecule has 0 aromatic carbocycles. The van der Waals surface area contributed by atoms with Gasteiger partial charge in [0.2, 0.25) is 5.95 Å². The van der Waals surface area contributed by atoms with Gasteiger partial charge in [-0.3, -0.25) is 9.48 Å². The molecule has 0 aliphatic carbocycles. The molecule has 5 nitrogen and oxygen atoms in total. The van der Waals surface area contributed by atoms with Crippen LogP contribution in [0.2, 0.25) is 0 Å². The minimum absolute atomic E-state index is 0.254. The summed E-state index contributed by atoms with van der Waals surface area (Å²) in [4.78, 5) is 15.2. The smallest absolute Gasteiger partial charge is 0.251 e. The van der Waals surface area contributed by atoms with Crippen LogP contribution in [0, 0.1) is 12.9 Å². The summed E-state index contributed by atoms with van der Waals surface area (Å²) < 4.78 is 14.6. The summed E-state index contributed by atoms with van der Waals surface area (Å²) in [6.45, 7) is 2.28. The molecular formula is C12H13FN4O. The van der Waals surface area contributed by atoms with Crippen LogP contribution in [-0.2, 0) is 13.6 Å². The van der Waals surface area contributed by atoms with Gasteiger partial charge in [-0.1, -0.05) is 0 Å². The van der Waals surface area contributed by atoms with Gasteiger partial charge >= 0.3 is 0 Å². The highest BCUT2D eigenvalue weighted by atomic mass is 19.1. The van der Waals surface area contributed by atoms with Crippen LogP contribution in [0.15, 0.2) is 24.5 Å². The molecule has 2 heterocycles. The van der Waals surface area contributed by atoms with Gasteiger partial charge in [0.05, 0.1) is 6.20 Å². The fraction of sp³-hybridized carbons (Fsp3) is 0.250. The van der Waals surface area contributed by atoms with Crippen molar-refractivity contribution in [3.63, 3.8) is 0 Å². The maximum absolute atomic E-state index is 12.9. The molecule has 1 amide bonds. The zero-order valence-electron chi connectivity index (χ0n) is 10.1. The number of pyridine rings is 1. The van der Waals surface area contributed by atoms with E-state index < -0.39 is 5.95 Å². The van der Waals surface area contributed by atoms with Crippen LogP contribution in [0.25, 0.3) is 0 Å². The van der Waals surface area contributed by atoms with E-state index in [1.54, 1.807) is 10.9 Å². The van der Waals surface area contributed by atoms with Crippen molar-refractivity contribution in [1.29, 1.82) is 0 Å². The van der Waals surface area contributed by atoms with E-state index in [9.17, 15) is 9.18 Å². The van der Waals surface area contributed by atoms with Crippen LogP contribution >= 0.6 is 0 Å². The predicted molar refractivity (Wildman–Crippen MR) is 63.3 cm³/mol. The molecule has 0 spiro atoms. The van der Waals surface area contributed by atoms with Crippen molar-refractivity contribution in [2.45, 2.75) is 13.5 Å². The van der Waals surface area contributed by atoms with Gasteiger partial charge in [0.15, 0.2) is 0 Å². The molecule has 0 saturated carbocycles. The lowest BCUT2D eigenvalue weighted by molar-refractivity contribution is 0.0950. The highest BCUT2D eigenvalue weighted by molar-refractivity contribution is 5.93. The number of halogens is 1. The highest BCUT2D eigenvalue weighted by Gasteiger charge is 2.09. The number of nitrogens with zero attached hydrogens (tertiary/aromatic N) is 3. The second-order valence-electron chi connectivity index (χ2n) is 3.93. The van der Waals surface area contributed by atoms with E-state index >= 15 is 0 Å². The van der Waals surface area contributed by atoms with Crippen LogP contribution in [0.4, 0.5) is 4.39 Å². The summed E-state index contributed by atoms with van der Waals surface area (Å²) in [7, 11) is 1.83. The van der Waals surface area contributed by atoms with Crippen molar-refractivity contribution in [2.24, 2.45) is 7.05 Å². The van der Waals surface area contributed by atoms with Crippen molar-refractivity contribution in [1.82, 2.24) is 20.1 Å². The van der Waals surface area contributed by atoms with E-state index in [4.69, 9.17) is 0 Å². The third-order valence-electron chi connectivity index (χ3n) is 2.77. The fourth-order valence-electron chi connectivity index (χ4n) is 1.54. The van der Waals surface area contributed by atoms with Crippen molar-refractivity contribution >= 4 is 5.91 Å². The van der Waals surface area contributed by atoms with Crippen LogP contribution in [-0.4, -0.2) is 20.7 Å². The average molecular weight is 248 g/mol. The van der Waals surface area contributed by atoms with E-state index in [1.807, 2.05) is 14.0 Å². The van der Waals surface area contributed by atoms with Gasteiger partial charge in [0.25, 0.3) is 5.91 Å². The van der Waals surface area contributed by atoms with Crippen LogP contribution in [0.1, 0.15) is 21.6 Å². The first-order chi connectivity index (χ1) is 8.58. The SMILES string of the molecule is Cc1c(CNC(=O)c2ccnc(F)c2)cnn1C. The Hall–Kier alpha value is -2.24. The Morgan fingerprint density at radius 2 is 2.33 bits per heavy atom. The van der Waals surface area contributed by atoms with Gasteiger partial charge in [-0.15, -0.1) is 0 Å². The number of nitrogens with one attached hydrogen (secondary N) is 1. The van der Waals surface area contributed by atoms with E-state index in [0.29, 0.717) is 6.54 Å². The maximum Gasteiger partial charge on any atom is 0.251 e. The number of aryl methyl sites for hydroxylation is 1. The highest BCUT2D eigenvalue weighted by Crippen LogP contribution is 2.06. The fourth-order valence-corrected chi connectivity index (χ4v) is 1.54. The molecule has 0 atom stereocenters. The average Bonchev–Trinajstić information content (AvgIpc) is 2.67. The second-order valence-corrected chi connectivity index (χ2v) is 3.93. The quantitative estimate of drug-likeness (QED) is 0.830. The first kappa shape index (κ1) is 12.2. The molecule has 0 radical (unpaired) electrons. The Bertz CT molecular complexity index is 579. The monoisotopic (exact) mass is 248 g/mol. The van der Waals surface area contributed by atoms with E-state index in [0.717, 1.165) is 17.3 Å². The van der Waals surface area contributed by atoms with Gasteiger partial charge in [0, 0.05) is 42.7 Å². The van der Waals surface area contributed by atoms with Gasteiger partial charge in [-0.25, -0.2) is 4.98 Å². The standard InChI is InChI=1S/C12H13FN4O/c1-8-10(7-16-17(8)2)6-15-12(18)9-3-4-14-11(13)5-9/h3-5,7H,6H2,1-2H3,(H,15,18). The zero-order valence-corrected chi connectivity index (χ0v) is 10.1. The largest absolute Gasteiger partial charge is 0.348 e. The molecule has 2 aromatic rings. The summed E-state index contributed by atoms with van der Waals surface area (Å²) in [6, 6.07) is 2.57. The molecule has 0 fully saturated rings. The second kappa shape index (κ2) is 4.95. The Labute approximate surface area is 104 Å². The van der Waals surface area contributed by atoms with Crippen molar-refractivity contribution in [3.8, 4) is 0 Å². The summed E-state index contributed by atoms with van der Waals surface area (Å²) >= 11 is 0. The lowest BCUT2D eigenvalue weighted by Crippen LogP contribution is -2.23. The molecule has 0 saturated heterocycles. The molecule has 0 bridgehead atoms. The van der Waals surface area contributed by atoms with E-state index in [2.05, 4.69) is 15.4 Å². The molecule has 0 aliphatic heterocycles. The van der Waals surface area contributed by atoms with Gasteiger partial charge in [-0.05, 0) is 13.0 Å². The summed E-state index contributed by atoms with van der Waals surface area (Å²) in [5.74, 6) is -1.00. The normalized spacial score (nSPS) is 10.4. The zero-order chi connectivity index (χ0) is 13.1. The number of hydrogen-bond donors (Lipinski definition) is 1. The van der Waals surface area contributed by atoms with Crippen molar-refractivity contribution < 1.29 is 9.18 Å². The lowest BCUT2D eigenvalue weighted by atomic mass is 10.2. The molecule has 2 aromatic heterocycles. The van der Waals surface area contributed by atoms with Gasteiger partial charge in [-0.2, -0.15) is 9.49 Å². The molecule has 94 valence electrons. The number of carbonyl (C=O) groups is 1. The molecule has 18 heavy (non-hydrogen) atoms. The topological polar surface area (TPSA) is 59.8 Å². The Balaban J connectivity index is 2.03. The molecule has 1 N–H and O–H groups in total. The molecule has 0 unspecified atom stereocenters. The number of amides is 1. The third-order valence-corrected chi connectivity index (χ3v) is 2.77. The maximum atomic E-state index is 12.9. The van der Waals surface area contributed by atoms with E-state index in [1.165, 1.54) is 12.3 Å². The number of aromatic nitrogens is 3. The molecule has 0 aliphatic rings. The minimum atomic E-state index is -0.666. The van der Waals surface area contributed by atoms with Gasteiger partial charge < -0.3 is 5.32 Å². The number of rotatable bonds is 3. The minimum Gasteiger partial charge on any atom is -0.348 e. The summed E-state index contributed by atoms with van der Waals surface area (Å²) in [5, 5.41) is 6.79. The van der Waals surface area contributed by atoms with E-state index in [-0.39, 0.29) is 11.5 Å².